The molecule has 140 valence electrons. The topological polar surface area (TPSA) is 54.9 Å². The van der Waals surface area contributed by atoms with Gasteiger partial charge in [0.2, 0.25) is 0 Å². The molecule has 1 spiro atoms. The quantitative estimate of drug-likeness (QED) is 0.271. The van der Waals surface area contributed by atoms with Crippen LogP contribution < -0.4 is 10.6 Å². The maximum Gasteiger partial charge on any atom is 0.191 e. The highest BCUT2D eigenvalue weighted by Crippen LogP contribution is 2.60. The van der Waals surface area contributed by atoms with Crippen LogP contribution in [-0.2, 0) is 9.47 Å². The lowest BCUT2D eigenvalue weighted by atomic mass is 9.54. The lowest BCUT2D eigenvalue weighted by Gasteiger charge is -2.57. The van der Waals surface area contributed by atoms with Gasteiger partial charge in [0.05, 0.1) is 6.10 Å². The normalized spacial score (nSPS) is 30.6. The Hall–Kier alpha value is -0.0800. The van der Waals surface area contributed by atoms with Gasteiger partial charge in [-0.05, 0) is 39.5 Å². The molecule has 2 N–H and O–H groups in total. The molecule has 1 saturated heterocycles. The molecular formula is C18H34IN3O2. The highest BCUT2D eigenvalue weighted by molar-refractivity contribution is 14.0. The summed E-state index contributed by atoms with van der Waals surface area (Å²) in [6, 6.07) is 0.544. The summed E-state index contributed by atoms with van der Waals surface area (Å²) in [6.45, 7) is 8.41. The van der Waals surface area contributed by atoms with Crippen LogP contribution >= 0.6 is 24.0 Å². The van der Waals surface area contributed by atoms with Crippen molar-refractivity contribution < 1.29 is 9.47 Å². The summed E-state index contributed by atoms with van der Waals surface area (Å²) in [5.74, 6) is 1.66. The van der Waals surface area contributed by atoms with E-state index in [1.807, 2.05) is 6.92 Å². The van der Waals surface area contributed by atoms with E-state index in [1.165, 1.54) is 32.1 Å². The Morgan fingerprint density at radius 1 is 1.29 bits per heavy atom. The van der Waals surface area contributed by atoms with Gasteiger partial charge in [-0.2, -0.15) is 0 Å². The number of halogens is 1. The third-order valence-corrected chi connectivity index (χ3v) is 5.84. The van der Waals surface area contributed by atoms with Gasteiger partial charge >= 0.3 is 0 Å². The number of hydrogen-bond donors (Lipinski definition) is 2. The highest BCUT2D eigenvalue weighted by Gasteiger charge is 2.65. The van der Waals surface area contributed by atoms with Crippen LogP contribution in [0.15, 0.2) is 4.99 Å². The molecule has 5 nitrogen and oxygen atoms in total. The molecule has 2 aliphatic carbocycles. The predicted octanol–water partition coefficient (Wildman–Crippen LogP) is 2.93. The number of guanidine groups is 1. The lowest BCUT2D eigenvalue weighted by molar-refractivity contribution is -0.125. The Bertz CT molecular complexity index is 413. The number of nitrogens with zero attached hydrogens (tertiary/aromatic N) is 1. The first-order valence-corrected chi connectivity index (χ1v) is 9.56. The molecule has 3 rings (SSSR count). The first kappa shape index (κ1) is 20.2. The van der Waals surface area contributed by atoms with Crippen LogP contribution in [0.1, 0.15) is 52.4 Å². The monoisotopic (exact) mass is 451 g/mol. The SMILES string of the molecule is CCNC(=NCCCOCC)NC1C2CCOC2C12CCCC2.I. The number of hydrogen-bond acceptors (Lipinski definition) is 3. The molecule has 0 aromatic carbocycles. The van der Waals surface area contributed by atoms with Crippen LogP contribution in [0.2, 0.25) is 0 Å². The summed E-state index contributed by atoms with van der Waals surface area (Å²) in [5.41, 5.74) is 0.378. The van der Waals surface area contributed by atoms with E-state index < -0.39 is 0 Å². The van der Waals surface area contributed by atoms with Gasteiger partial charge in [0.1, 0.15) is 0 Å². The number of fused-ring (bicyclic) bond motifs is 2. The molecule has 3 atom stereocenters. The Labute approximate surface area is 163 Å². The number of rotatable bonds is 7. The first-order chi connectivity index (χ1) is 11.3. The van der Waals surface area contributed by atoms with Crippen LogP contribution in [0, 0.1) is 11.3 Å². The van der Waals surface area contributed by atoms with Crippen LogP contribution in [0.5, 0.6) is 0 Å². The van der Waals surface area contributed by atoms with E-state index in [9.17, 15) is 0 Å². The van der Waals surface area contributed by atoms with Crippen molar-refractivity contribution in [3.05, 3.63) is 0 Å². The van der Waals surface area contributed by atoms with E-state index in [4.69, 9.17) is 14.5 Å². The fourth-order valence-electron chi connectivity index (χ4n) is 4.87. The minimum absolute atomic E-state index is 0. The third-order valence-electron chi connectivity index (χ3n) is 5.84. The van der Waals surface area contributed by atoms with Crippen molar-refractivity contribution in [2.24, 2.45) is 16.3 Å². The predicted molar refractivity (Wildman–Crippen MR) is 108 cm³/mol. The summed E-state index contributed by atoms with van der Waals surface area (Å²) in [4.78, 5) is 4.75. The van der Waals surface area contributed by atoms with Crippen molar-refractivity contribution in [2.45, 2.75) is 64.5 Å². The van der Waals surface area contributed by atoms with Crippen LogP contribution in [0.4, 0.5) is 0 Å². The van der Waals surface area contributed by atoms with E-state index in [0.717, 1.165) is 45.3 Å². The van der Waals surface area contributed by atoms with Crippen LogP contribution in [0.25, 0.3) is 0 Å². The van der Waals surface area contributed by atoms with E-state index in [0.29, 0.717) is 23.5 Å². The van der Waals surface area contributed by atoms with E-state index >= 15 is 0 Å². The standard InChI is InChI=1S/C18H33N3O2.HI/c1-3-19-17(20-11-7-12-22-4-2)21-15-14-8-13-23-16(14)18(15)9-5-6-10-18;/h14-16H,3-13H2,1-2H3,(H2,19,20,21);1H. The zero-order valence-corrected chi connectivity index (χ0v) is 17.5. The van der Waals surface area contributed by atoms with Gasteiger partial charge in [0.25, 0.3) is 0 Å². The van der Waals surface area contributed by atoms with Gasteiger partial charge in [-0.1, -0.05) is 12.8 Å². The number of aliphatic imine (C=N–C) groups is 1. The minimum Gasteiger partial charge on any atom is -0.382 e. The second-order valence-corrected chi connectivity index (χ2v) is 7.12. The average molecular weight is 451 g/mol. The van der Waals surface area contributed by atoms with Crippen molar-refractivity contribution in [2.75, 3.05) is 32.9 Å². The summed E-state index contributed by atoms with van der Waals surface area (Å²) in [6.07, 6.45) is 8.02. The lowest BCUT2D eigenvalue weighted by Crippen LogP contribution is -2.69. The summed E-state index contributed by atoms with van der Waals surface area (Å²) in [5, 5.41) is 7.18. The van der Waals surface area contributed by atoms with Crippen molar-refractivity contribution in [3.63, 3.8) is 0 Å². The molecule has 0 aromatic rings. The zero-order valence-electron chi connectivity index (χ0n) is 15.2. The molecule has 6 heteroatoms. The van der Waals surface area contributed by atoms with Crippen molar-refractivity contribution in [3.8, 4) is 0 Å². The molecule has 0 bridgehead atoms. The second-order valence-electron chi connectivity index (χ2n) is 7.12. The summed E-state index contributed by atoms with van der Waals surface area (Å²) >= 11 is 0. The molecule has 0 amide bonds. The summed E-state index contributed by atoms with van der Waals surface area (Å²) < 4.78 is 11.5. The van der Waals surface area contributed by atoms with Crippen molar-refractivity contribution >= 4 is 29.9 Å². The zero-order chi connectivity index (χ0) is 16.1. The number of ether oxygens (including phenoxy) is 2. The van der Waals surface area contributed by atoms with Gasteiger partial charge in [-0.3, -0.25) is 4.99 Å². The minimum atomic E-state index is 0. The Kier molecular flexibility index (Phi) is 8.07. The van der Waals surface area contributed by atoms with Gasteiger partial charge in [0.15, 0.2) is 5.96 Å². The number of nitrogens with one attached hydrogen (secondary N) is 2. The molecule has 1 aliphatic heterocycles. The second kappa shape index (κ2) is 9.57. The Morgan fingerprint density at radius 3 is 2.79 bits per heavy atom. The van der Waals surface area contributed by atoms with Crippen molar-refractivity contribution in [1.82, 2.24) is 10.6 Å². The molecular weight excluding hydrogens is 417 g/mol. The van der Waals surface area contributed by atoms with E-state index in [-0.39, 0.29) is 24.0 Å². The van der Waals surface area contributed by atoms with Gasteiger partial charge in [-0.15, -0.1) is 24.0 Å². The first-order valence-electron chi connectivity index (χ1n) is 9.56. The molecule has 2 saturated carbocycles. The smallest absolute Gasteiger partial charge is 0.191 e. The largest absolute Gasteiger partial charge is 0.382 e. The third kappa shape index (κ3) is 4.01. The molecule has 3 fully saturated rings. The highest BCUT2D eigenvalue weighted by atomic mass is 127. The molecule has 1 heterocycles. The fourth-order valence-corrected chi connectivity index (χ4v) is 4.87. The maximum absolute atomic E-state index is 6.07. The molecule has 3 unspecified atom stereocenters. The maximum atomic E-state index is 6.07. The van der Waals surface area contributed by atoms with E-state index in [1.54, 1.807) is 0 Å². The Morgan fingerprint density at radius 2 is 2.08 bits per heavy atom. The van der Waals surface area contributed by atoms with Gasteiger partial charge in [-0.25, -0.2) is 0 Å². The van der Waals surface area contributed by atoms with Crippen molar-refractivity contribution in [1.29, 1.82) is 0 Å². The van der Waals surface area contributed by atoms with Crippen LogP contribution in [-0.4, -0.2) is 51.0 Å². The fraction of sp³-hybridized carbons (Fsp3) is 0.944. The van der Waals surface area contributed by atoms with Gasteiger partial charge in [0, 0.05) is 50.3 Å². The molecule has 0 aromatic heterocycles. The summed E-state index contributed by atoms with van der Waals surface area (Å²) in [7, 11) is 0. The van der Waals surface area contributed by atoms with Gasteiger partial charge < -0.3 is 20.1 Å². The van der Waals surface area contributed by atoms with Crippen LogP contribution in [0.3, 0.4) is 0 Å². The average Bonchev–Trinajstić information content (AvgIpc) is 3.20. The molecule has 3 aliphatic rings. The molecule has 24 heavy (non-hydrogen) atoms. The van der Waals surface area contributed by atoms with E-state index in [2.05, 4.69) is 17.6 Å². The molecule has 0 radical (unpaired) electrons. The Balaban J connectivity index is 0.00000208.